The fraction of sp³-hybridized carbons (Fsp3) is 1.00. The largest absolute Gasteiger partial charge is 1.00 e. The predicted octanol–water partition coefficient (Wildman–Crippen LogP) is -2.33. The summed E-state index contributed by atoms with van der Waals surface area (Å²) in [7, 11) is 0. The van der Waals surface area contributed by atoms with Gasteiger partial charge in [-0.25, -0.2) is 0 Å². The van der Waals surface area contributed by atoms with Gasteiger partial charge >= 0.3 is 29.6 Å². The summed E-state index contributed by atoms with van der Waals surface area (Å²) < 4.78 is 19.5. The van der Waals surface area contributed by atoms with E-state index in [9.17, 15) is 8.76 Å². The van der Waals surface area contributed by atoms with Gasteiger partial charge in [0.15, 0.2) is 0 Å². The van der Waals surface area contributed by atoms with E-state index in [4.69, 9.17) is 0 Å². The van der Waals surface area contributed by atoms with E-state index in [0.717, 1.165) is 12.8 Å². The number of unbranched alkanes of at least 4 members (excludes halogenated alkanes) is 1. The zero-order chi connectivity index (χ0) is 5.70. The van der Waals surface area contributed by atoms with Crippen LogP contribution in [-0.4, -0.2) is 14.5 Å². The van der Waals surface area contributed by atoms with Gasteiger partial charge in [-0.1, -0.05) is 24.4 Å². The number of hydrogen-bond acceptors (Lipinski definition) is 2. The average Bonchev–Trinajstić information content (AvgIpc) is 1.61. The molecule has 1 unspecified atom stereocenters. The number of rotatable bonds is 3. The van der Waals surface area contributed by atoms with Crippen LogP contribution in [0.5, 0.6) is 0 Å². The standard InChI is InChI=1S/C4H10O2S.Na/c1-2-3-4-7(5)6;/h2-4H2,1H3,(H,5,6);/q;+1/p-1. The van der Waals surface area contributed by atoms with Crippen LogP contribution in [-0.2, 0) is 11.1 Å². The molecule has 0 aliphatic carbocycles. The summed E-state index contributed by atoms with van der Waals surface area (Å²) in [5, 5.41) is 0. The Morgan fingerprint density at radius 2 is 2.12 bits per heavy atom. The van der Waals surface area contributed by atoms with Crippen molar-refractivity contribution in [1.29, 1.82) is 0 Å². The molecule has 0 spiro atoms. The minimum Gasteiger partial charge on any atom is -0.772 e. The van der Waals surface area contributed by atoms with Crippen LogP contribution in [0.3, 0.4) is 0 Å². The maximum Gasteiger partial charge on any atom is 1.00 e. The maximum atomic E-state index is 9.76. The van der Waals surface area contributed by atoms with Crippen LogP contribution in [0, 0.1) is 0 Å². The van der Waals surface area contributed by atoms with Crippen molar-refractivity contribution in [3.05, 3.63) is 0 Å². The topological polar surface area (TPSA) is 40.1 Å². The molecule has 0 fully saturated rings. The van der Waals surface area contributed by atoms with E-state index in [2.05, 4.69) is 0 Å². The summed E-state index contributed by atoms with van der Waals surface area (Å²) in [5.74, 6) is 0.316. The van der Waals surface area contributed by atoms with Crippen LogP contribution in [0.25, 0.3) is 0 Å². The zero-order valence-electron chi connectivity index (χ0n) is 5.35. The molecule has 0 aromatic carbocycles. The van der Waals surface area contributed by atoms with Gasteiger partial charge in [-0.2, -0.15) is 0 Å². The van der Waals surface area contributed by atoms with Crippen molar-refractivity contribution in [2.24, 2.45) is 0 Å². The van der Waals surface area contributed by atoms with Crippen LogP contribution >= 0.6 is 0 Å². The Kier molecular flexibility index (Phi) is 12.0. The Labute approximate surface area is 74.6 Å². The monoisotopic (exact) mass is 144 g/mol. The van der Waals surface area contributed by atoms with Gasteiger partial charge in [-0.05, 0) is 6.42 Å². The molecule has 8 heavy (non-hydrogen) atoms. The molecular weight excluding hydrogens is 135 g/mol. The second kappa shape index (κ2) is 8.11. The van der Waals surface area contributed by atoms with Crippen LogP contribution in [0.15, 0.2) is 0 Å². The first-order valence-corrected chi connectivity index (χ1v) is 3.57. The van der Waals surface area contributed by atoms with Gasteiger partial charge in [0.2, 0.25) is 0 Å². The van der Waals surface area contributed by atoms with E-state index in [-0.39, 0.29) is 29.6 Å². The van der Waals surface area contributed by atoms with Crippen molar-refractivity contribution >= 4 is 11.1 Å². The van der Waals surface area contributed by atoms with E-state index in [1.807, 2.05) is 6.92 Å². The first-order valence-electron chi connectivity index (χ1n) is 2.33. The maximum absolute atomic E-state index is 9.76. The van der Waals surface area contributed by atoms with Crippen molar-refractivity contribution in [1.82, 2.24) is 0 Å². The zero-order valence-corrected chi connectivity index (χ0v) is 8.16. The smallest absolute Gasteiger partial charge is 0.772 e. The molecule has 0 heterocycles. The summed E-state index contributed by atoms with van der Waals surface area (Å²) in [6, 6.07) is 0. The van der Waals surface area contributed by atoms with E-state index in [1.54, 1.807) is 0 Å². The fourth-order valence-corrected chi connectivity index (χ4v) is 0.787. The molecular formula is C4H9NaO2S. The SMILES string of the molecule is CCCCS(=O)[O-].[Na+]. The quantitative estimate of drug-likeness (QED) is 0.329. The third-order valence-electron chi connectivity index (χ3n) is 0.665. The van der Waals surface area contributed by atoms with Gasteiger partial charge in [0.25, 0.3) is 0 Å². The molecule has 44 valence electrons. The Morgan fingerprint density at radius 1 is 1.62 bits per heavy atom. The van der Waals surface area contributed by atoms with Gasteiger partial charge in [0.1, 0.15) is 0 Å². The van der Waals surface area contributed by atoms with E-state index >= 15 is 0 Å². The van der Waals surface area contributed by atoms with Crippen LogP contribution in [0.4, 0.5) is 0 Å². The Bertz CT molecular complexity index is 67.1. The summed E-state index contributed by atoms with van der Waals surface area (Å²) in [4.78, 5) is 0. The van der Waals surface area contributed by atoms with Crippen LogP contribution < -0.4 is 29.6 Å². The van der Waals surface area contributed by atoms with Crippen molar-refractivity contribution in [3.63, 3.8) is 0 Å². The van der Waals surface area contributed by atoms with Gasteiger partial charge in [-0.3, -0.25) is 4.21 Å². The summed E-state index contributed by atoms with van der Waals surface area (Å²) in [5.41, 5.74) is 0. The van der Waals surface area contributed by atoms with Gasteiger partial charge < -0.3 is 4.55 Å². The molecule has 0 rings (SSSR count). The first kappa shape index (κ1) is 11.9. The molecule has 2 nitrogen and oxygen atoms in total. The van der Waals surface area contributed by atoms with Crippen molar-refractivity contribution in [3.8, 4) is 0 Å². The van der Waals surface area contributed by atoms with E-state index < -0.39 is 11.1 Å². The molecule has 0 saturated carbocycles. The van der Waals surface area contributed by atoms with Crippen LogP contribution in [0.1, 0.15) is 19.8 Å². The molecule has 0 aromatic rings. The van der Waals surface area contributed by atoms with Gasteiger partial charge in [0.05, 0.1) is 0 Å². The molecule has 0 aliphatic rings. The predicted molar refractivity (Wildman–Crippen MR) is 28.7 cm³/mol. The van der Waals surface area contributed by atoms with Gasteiger partial charge in [-0.15, -0.1) is 0 Å². The Hall–Kier alpha value is 1.11. The minimum absolute atomic E-state index is 0. The average molecular weight is 144 g/mol. The second-order valence-corrected chi connectivity index (χ2v) is 2.38. The summed E-state index contributed by atoms with van der Waals surface area (Å²) >= 11 is -1.82. The Morgan fingerprint density at radius 3 is 2.25 bits per heavy atom. The number of hydrogen-bond donors (Lipinski definition) is 0. The molecule has 0 radical (unpaired) electrons. The second-order valence-electron chi connectivity index (χ2n) is 1.36. The minimum atomic E-state index is -1.82. The van der Waals surface area contributed by atoms with Gasteiger partial charge in [0, 0.05) is 5.75 Å². The third-order valence-corrected chi connectivity index (χ3v) is 1.29. The Balaban J connectivity index is 0. The van der Waals surface area contributed by atoms with E-state index in [0.29, 0.717) is 5.75 Å². The summed E-state index contributed by atoms with van der Waals surface area (Å²) in [6.45, 7) is 1.97. The first-order chi connectivity index (χ1) is 3.27. The van der Waals surface area contributed by atoms with Crippen LogP contribution in [0.2, 0.25) is 0 Å². The summed E-state index contributed by atoms with van der Waals surface area (Å²) in [6.07, 6.45) is 1.74. The molecule has 0 bridgehead atoms. The molecule has 1 atom stereocenters. The van der Waals surface area contributed by atoms with Crippen molar-refractivity contribution in [2.75, 3.05) is 5.75 Å². The van der Waals surface area contributed by atoms with Crippen molar-refractivity contribution in [2.45, 2.75) is 19.8 Å². The normalized spacial score (nSPS) is 12.2. The molecule has 0 aromatic heterocycles. The third kappa shape index (κ3) is 10.2. The fourth-order valence-electron chi connectivity index (χ4n) is 0.262. The molecule has 0 N–H and O–H groups in total. The molecule has 0 saturated heterocycles. The molecule has 0 aliphatic heterocycles. The van der Waals surface area contributed by atoms with E-state index in [1.165, 1.54) is 0 Å². The molecule has 0 amide bonds. The van der Waals surface area contributed by atoms with Crippen molar-refractivity contribution < 1.29 is 38.3 Å². The molecule has 4 heteroatoms.